The topological polar surface area (TPSA) is 108 Å². The Labute approximate surface area is 180 Å². The van der Waals surface area contributed by atoms with Gasteiger partial charge in [-0.3, -0.25) is 9.59 Å². The average molecular weight is 423 g/mol. The molecule has 31 heavy (non-hydrogen) atoms. The van der Waals surface area contributed by atoms with Gasteiger partial charge in [-0.2, -0.15) is 4.80 Å². The summed E-state index contributed by atoms with van der Waals surface area (Å²) in [6, 6.07) is 16.3. The van der Waals surface area contributed by atoms with E-state index < -0.39 is 12.0 Å². The number of ether oxygens (including phenoxy) is 2. The number of carbonyl (C=O) groups excluding carboxylic acids is 2. The van der Waals surface area contributed by atoms with Crippen LogP contribution in [0.3, 0.4) is 0 Å². The summed E-state index contributed by atoms with van der Waals surface area (Å²) in [6.45, 7) is 0.456. The van der Waals surface area contributed by atoms with Gasteiger partial charge >= 0.3 is 5.97 Å². The SMILES string of the molecule is COC(=O)CC(NC(=O)CCCn1nnc(-c2ccccc2)n1)c1ccc(OC)cc1. The number of carbonyl (C=O) groups is 2. The van der Waals surface area contributed by atoms with Gasteiger partial charge in [0.15, 0.2) is 0 Å². The molecule has 1 N–H and O–H groups in total. The lowest BCUT2D eigenvalue weighted by atomic mass is 10.0. The smallest absolute Gasteiger partial charge is 0.307 e. The number of rotatable bonds is 10. The van der Waals surface area contributed by atoms with Crippen LogP contribution in [0.25, 0.3) is 11.4 Å². The van der Waals surface area contributed by atoms with Crippen LogP contribution in [0, 0.1) is 0 Å². The van der Waals surface area contributed by atoms with Crippen LogP contribution in [0.2, 0.25) is 0 Å². The fourth-order valence-corrected chi connectivity index (χ4v) is 3.03. The van der Waals surface area contributed by atoms with Crippen molar-refractivity contribution >= 4 is 11.9 Å². The molecule has 0 aliphatic rings. The molecule has 3 rings (SSSR count). The van der Waals surface area contributed by atoms with Gasteiger partial charge in [0.2, 0.25) is 11.7 Å². The van der Waals surface area contributed by atoms with Gasteiger partial charge in [0.1, 0.15) is 5.75 Å². The summed E-state index contributed by atoms with van der Waals surface area (Å²) >= 11 is 0. The van der Waals surface area contributed by atoms with E-state index in [0.717, 1.165) is 11.1 Å². The van der Waals surface area contributed by atoms with Crippen molar-refractivity contribution in [2.45, 2.75) is 31.8 Å². The Morgan fingerprint density at radius 2 is 1.81 bits per heavy atom. The summed E-state index contributed by atoms with van der Waals surface area (Å²) in [5, 5.41) is 15.3. The Morgan fingerprint density at radius 3 is 2.48 bits per heavy atom. The fourth-order valence-electron chi connectivity index (χ4n) is 3.03. The number of hydrogen-bond donors (Lipinski definition) is 1. The van der Waals surface area contributed by atoms with Crippen molar-refractivity contribution in [1.29, 1.82) is 0 Å². The molecule has 162 valence electrons. The molecular formula is C22H25N5O4. The van der Waals surface area contributed by atoms with Crippen molar-refractivity contribution in [3.05, 3.63) is 60.2 Å². The molecule has 0 aliphatic heterocycles. The number of tetrazole rings is 1. The van der Waals surface area contributed by atoms with Crippen LogP contribution in [0.5, 0.6) is 5.75 Å². The van der Waals surface area contributed by atoms with Crippen LogP contribution in [0.4, 0.5) is 0 Å². The third kappa shape index (κ3) is 6.36. The molecule has 9 nitrogen and oxygen atoms in total. The molecule has 0 bridgehead atoms. The van der Waals surface area contributed by atoms with Crippen LogP contribution in [0.1, 0.15) is 30.9 Å². The maximum Gasteiger partial charge on any atom is 0.307 e. The second kappa shape index (κ2) is 10.9. The Balaban J connectivity index is 1.54. The lowest BCUT2D eigenvalue weighted by molar-refractivity contribution is -0.141. The monoisotopic (exact) mass is 423 g/mol. The van der Waals surface area contributed by atoms with Crippen molar-refractivity contribution in [2.24, 2.45) is 0 Å². The molecule has 0 saturated carbocycles. The first-order valence-electron chi connectivity index (χ1n) is 9.92. The minimum absolute atomic E-state index is 0.0413. The predicted molar refractivity (Wildman–Crippen MR) is 113 cm³/mol. The third-order valence-corrected chi connectivity index (χ3v) is 4.70. The minimum atomic E-state index is -0.486. The largest absolute Gasteiger partial charge is 0.497 e. The number of hydrogen-bond acceptors (Lipinski definition) is 7. The number of aryl methyl sites for hydroxylation is 1. The fraction of sp³-hybridized carbons (Fsp3) is 0.318. The van der Waals surface area contributed by atoms with Crippen molar-refractivity contribution in [1.82, 2.24) is 25.5 Å². The standard InChI is InChI=1S/C22H25N5O4/c1-30-18-12-10-16(11-13-18)19(15-21(29)31-2)23-20(28)9-6-14-27-25-22(24-26-27)17-7-4-3-5-8-17/h3-5,7-8,10-13,19H,6,9,14-15H2,1-2H3,(H,23,28). The van der Waals surface area contributed by atoms with E-state index in [2.05, 4.69) is 20.7 Å². The summed E-state index contributed by atoms with van der Waals surface area (Å²) in [6.07, 6.45) is 0.833. The van der Waals surface area contributed by atoms with Gasteiger partial charge < -0.3 is 14.8 Å². The second-order valence-corrected chi connectivity index (χ2v) is 6.85. The van der Waals surface area contributed by atoms with E-state index in [9.17, 15) is 9.59 Å². The number of amides is 1. The molecule has 1 aromatic heterocycles. The van der Waals surface area contributed by atoms with Crippen molar-refractivity contribution in [3.8, 4) is 17.1 Å². The van der Waals surface area contributed by atoms with E-state index in [0.29, 0.717) is 24.5 Å². The van der Waals surface area contributed by atoms with Gasteiger partial charge in [-0.1, -0.05) is 42.5 Å². The zero-order valence-corrected chi connectivity index (χ0v) is 17.5. The second-order valence-electron chi connectivity index (χ2n) is 6.85. The zero-order chi connectivity index (χ0) is 22.1. The highest BCUT2D eigenvalue weighted by molar-refractivity contribution is 5.78. The number of benzene rings is 2. The van der Waals surface area contributed by atoms with Crippen LogP contribution >= 0.6 is 0 Å². The van der Waals surface area contributed by atoms with Gasteiger partial charge in [0.05, 0.1) is 33.2 Å². The van der Waals surface area contributed by atoms with Crippen molar-refractivity contribution in [2.75, 3.05) is 14.2 Å². The molecule has 1 atom stereocenters. The molecule has 0 saturated heterocycles. The van der Waals surface area contributed by atoms with Gasteiger partial charge in [-0.15, -0.1) is 10.2 Å². The number of nitrogens with zero attached hydrogens (tertiary/aromatic N) is 4. The van der Waals surface area contributed by atoms with E-state index >= 15 is 0 Å². The Kier molecular flexibility index (Phi) is 7.69. The molecule has 2 aromatic carbocycles. The quantitative estimate of drug-likeness (QED) is 0.499. The predicted octanol–water partition coefficient (Wildman–Crippen LogP) is 2.55. The Hall–Kier alpha value is -3.75. The molecule has 1 heterocycles. The molecule has 9 heteroatoms. The van der Waals surface area contributed by atoms with Crippen LogP contribution in [-0.4, -0.2) is 46.3 Å². The first kappa shape index (κ1) is 21.9. The molecule has 0 radical (unpaired) electrons. The van der Waals surface area contributed by atoms with E-state index in [1.807, 2.05) is 42.5 Å². The van der Waals surface area contributed by atoms with Gasteiger partial charge in [-0.25, -0.2) is 0 Å². The Morgan fingerprint density at radius 1 is 1.06 bits per heavy atom. The molecule has 3 aromatic rings. The van der Waals surface area contributed by atoms with E-state index in [4.69, 9.17) is 9.47 Å². The Bertz CT molecular complexity index is 989. The number of esters is 1. The molecule has 0 fully saturated rings. The lowest BCUT2D eigenvalue weighted by Gasteiger charge is -2.18. The first-order valence-corrected chi connectivity index (χ1v) is 9.92. The number of nitrogens with one attached hydrogen (secondary N) is 1. The molecule has 1 unspecified atom stereocenters. The highest BCUT2D eigenvalue weighted by Crippen LogP contribution is 2.21. The third-order valence-electron chi connectivity index (χ3n) is 4.70. The van der Waals surface area contributed by atoms with E-state index in [1.54, 1.807) is 19.2 Å². The first-order chi connectivity index (χ1) is 15.1. The summed E-state index contributed by atoms with van der Waals surface area (Å²) in [5.74, 6) is 0.666. The maximum absolute atomic E-state index is 12.5. The van der Waals surface area contributed by atoms with Gasteiger partial charge in [0, 0.05) is 12.0 Å². The highest BCUT2D eigenvalue weighted by Gasteiger charge is 2.19. The summed E-state index contributed by atoms with van der Waals surface area (Å²) in [5.41, 5.74) is 1.68. The average Bonchev–Trinajstić information content (AvgIpc) is 3.28. The zero-order valence-electron chi connectivity index (χ0n) is 17.5. The van der Waals surface area contributed by atoms with Crippen LogP contribution in [-0.2, 0) is 20.9 Å². The molecule has 0 aliphatic carbocycles. The van der Waals surface area contributed by atoms with Crippen LogP contribution in [0.15, 0.2) is 54.6 Å². The van der Waals surface area contributed by atoms with E-state index in [1.165, 1.54) is 11.9 Å². The molecule has 0 spiro atoms. The summed E-state index contributed by atoms with van der Waals surface area (Å²) < 4.78 is 9.92. The summed E-state index contributed by atoms with van der Waals surface area (Å²) in [4.78, 5) is 25.8. The minimum Gasteiger partial charge on any atom is -0.497 e. The van der Waals surface area contributed by atoms with Gasteiger partial charge in [-0.05, 0) is 29.3 Å². The number of methoxy groups -OCH3 is 2. The van der Waals surface area contributed by atoms with Crippen LogP contribution < -0.4 is 10.1 Å². The lowest BCUT2D eigenvalue weighted by Crippen LogP contribution is -2.30. The summed E-state index contributed by atoms with van der Waals surface area (Å²) in [7, 11) is 2.90. The normalized spacial score (nSPS) is 11.5. The number of aromatic nitrogens is 4. The van der Waals surface area contributed by atoms with E-state index in [-0.39, 0.29) is 18.7 Å². The van der Waals surface area contributed by atoms with Crippen molar-refractivity contribution in [3.63, 3.8) is 0 Å². The maximum atomic E-state index is 12.5. The molecule has 1 amide bonds. The van der Waals surface area contributed by atoms with Crippen molar-refractivity contribution < 1.29 is 19.1 Å². The van der Waals surface area contributed by atoms with Gasteiger partial charge in [0.25, 0.3) is 0 Å². The molecular weight excluding hydrogens is 398 g/mol. The highest BCUT2D eigenvalue weighted by atomic mass is 16.5.